The van der Waals surface area contributed by atoms with Gasteiger partial charge in [0.05, 0.1) is 25.6 Å². The largest absolute Gasteiger partial charge is 0.476 e. The van der Waals surface area contributed by atoms with Crippen LogP contribution in [0.4, 0.5) is 10.3 Å². The third-order valence-electron chi connectivity index (χ3n) is 4.27. The van der Waals surface area contributed by atoms with Gasteiger partial charge in [-0.15, -0.1) is 0 Å². The second-order valence-electron chi connectivity index (χ2n) is 6.83. The summed E-state index contributed by atoms with van der Waals surface area (Å²) >= 11 is 0. The number of phosphoric acid groups is 1. The molecule has 29 heavy (non-hydrogen) atoms. The smallest absolute Gasteiger partial charge is 0.475 e. The number of ether oxygens (including phenoxy) is 2. The third-order valence-corrected chi connectivity index (χ3v) is 5.90. The molecule has 0 bridgehead atoms. The number of alkyl halides is 1. The number of anilines is 1. The van der Waals surface area contributed by atoms with Gasteiger partial charge >= 0.3 is 7.82 Å². The summed E-state index contributed by atoms with van der Waals surface area (Å²) in [6.45, 7) is 6.46. The Balaban J connectivity index is 2.05. The summed E-state index contributed by atoms with van der Waals surface area (Å²) in [5, 5.41) is 0. The number of nitrogens with two attached hydrogens (primary N) is 1. The lowest BCUT2D eigenvalue weighted by Gasteiger charge is -2.40. The van der Waals surface area contributed by atoms with Gasteiger partial charge in [0.25, 0.3) is 0 Å². The van der Waals surface area contributed by atoms with Gasteiger partial charge in [0, 0.05) is 7.11 Å². The fourth-order valence-corrected chi connectivity index (χ4v) is 4.64. The molecule has 1 aliphatic heterocycles. The molecule has 0 spiro atoms. The van der Waals surface area contributed by atoms with Crippen LogP contribution in [0.25, 0.3) is 11.2 Å². The predicted molar refractivity (Wildman–Crippen MR) is 101 cm³/mol. The monoisotopic (exact) mass is 433 g/mol. The average molecular weight is 433 g/mol. The first-order chi connectivity index (χ1) is 13.6. The van der Waals surface area contributed by atoms with Crippen LogP contribution in [-0.4, -0.2) is 58.2 Å². The minimum atomic E-state index is -4.00. The second kappa shape index (κ2) is 8.11. The Hall–Kier alpha value is -1.85. The van der Waals surface area contributed by atoms with E-state index in [-0.39, 0.29) is 29.6 Å². The zero-order valence-electron chi connectivity index (χ0n) is 16.9. The van der Waals surface area contributed by atoms with Crippen molar-refractivity contribution >= 4 is 24.9 Å². The van der Waals surface area contributed by atoms with Crippen LogP contribution in [0.15, 0.2) is 6.33 Å². The molecule has 2 aromatic heterocycles. The SMILES string of the molecule is CCOc1nc(N)nc2c1ncn2[C@](C)(F)[C@@H]1OP(=O)(OC(C)C)OC[C@H]1OC. The Labute approximate surface area is 167 Å². The van der Waals surface area contributed by atoms with E-state index < -0.39 is 31.9 Å². The molecular formula is C16H25FN5O6P. The molecule has 0 saturated carbocycles. The number of nitrogen functional groups attached to an aromatic ring is 1. The molecule has 3 rings (SSSR count). The van der Waals surface area contributed by atoms with Gasteiger partial charge in [0.2, 0.25) is 17.6 Å². The number of hydrogen-bond acceptors (Lipinski definition) is 10. The fraction of sp³-hybridized carbons (Fsp3) is 0.688. The third kappa shape index (κ3) is 4.22. The molecule has 2 N–H and O–H groups in total. The maximum atomic E-state index is 16.2. The van der Waals surface area contributed by atoms with Crippen molar-refractivity contribution in [2.75, 3.05) is 26.1 Å². The summed E-state index contributed by atoms with van der Waals surface area (Å²) in [4.78, 5) is 12.3. The number of nitrogens with zero attached hydrogens (tertiary/aromatic N) is 4. The Morgan fingerprint density at radius 1 is 1.48 bits per heavy atom. The molecule has 0 aliphatic carbocycles. The highest BCUT2D eigenvalue weighted by Crippen LogP contribution is 2.57. The van der Waals surface area contributed by atoms with Crippen LogP contribution in [0.5, 0.6) is 5.88 Å². The lowest BCUT2D eigenvalue weighted by molar-refractivity contribution is -0.157. The standard InChI is InChI=1S/C16H25FN5O6P/c1-6-25-14-11-13(20-15(18)21-14)22(8-19-11)16(4,17)12-10(24-5)7-26-29(23,28-12)27-9(2)3/h8-10,12H,6-7H2,1-5H3,(H2,18,20,21)/t10-,12-,16+,29?/m1/s1. The van der Waals surface area contributed by atoms with Gasteiger partial charge in [-0.1, -0.05) is 0 Å². The number of halogens is 1. The molecule has 2 aromatic rings. The van der Waals surface area contributed by atoms with Crippen LogP contribution in [0.3, 0.4) is 0 Å². The average Bonchev–Trinajstić information content (AvgIpc) is 3.05. The van der Waals surface area contributed by atoms with Gasteiger partial charge in [-0.25, -0.2) is 13.9 Å². The molecule has 162 valence electrons. The summed E-state index contributed by atoms with van der Waals surface area (Å²) in [5.41, 5.74) is 6.07. The number of hydrogen-bond donors (Lipinski definition) is 1. The molecule has 1 unspecified atom stereocenters. The van der Waals surface area contributed by atoms with E-state index in [2.05, 4.69) is 15.0 Å². The van der Waals surface area contributed by atoms with Gasteiger partial charge < -0.3 is 15.2 Å². The van der Waals surface area contributed by atoms with Gasteiger partial charge in [0.15, 0.2) is 17.3 Å². The first-order valence-corrected chi connectivity index (χ1v) is 10.5. The van der Waals surface area contributed by atoms with Crippen LogP contribution in [-0.2, 0) is 28.7 Å². The van der Waals surface area contributed by atoms with Crippen LogP contribution in [0.2, 0.25) is 0 Å². The summed E-state index contributed by atoms with van der Waals surface area (Å²) < 4.78 is 56.8. The van der Waals surface area contributed by atoms with Crippen LogP contribution in [0, 0.1) is 0 Å². The van der Waals surface area contributed by atoms with Crippen LogP contribution >= 0.6 is 7.82 Å². The van der Waals surface area contributed by atoms with E-state index in [4.69, 9.17) is 28.8 Å². The predicted octanol–water partition coefficient (Wildman–Crippen LogP) is 2.41. The number of aromatic nitrogens is 4. The molecule has 13 heteroatoms. The van der Waals surface area contributed by atoms with Crippen molar-refractivity contribution in [1.29, 1.82) is 0 Å². The Bertz CT molecular complexity index is 923. The minimum Gasteiger partial charge on any atom is -0.476 e. The van der Waals surface area contributed by atoms with Gasteiger partial charge in [-0.05, 0) is 27.7 Å². The highest BCUT2D eigenvalue weighted by molar-refractivity contribution is 7.48. The number of fused-ring (bicyclic) bond motifs is 1. The van der Waals surface area contributed by atoms with Crippen molar-refractivity contribution < 1.29 is 32.0 Å². The summed E-state index contributed by atoms with van der Waals surface area (Å²) in [5.74, 6) is -2.28. The van der Waals surface area contributed by atoms with E-state index >= 15 is 4.39 Å². The minimum absolute atomic E-state index is 0.0931. The molecular weight excluding hydrogens is 408 g/mol. The van der Waals surface area contributed by atoms with E-state index in [0.29, 0.717) is 6.61 Å². The Kier molecular flexibility index (Phi) is 6.11. The zero-order valence-corrected chi connectivity index (χ0v) is 17.8. The van der Waals surface area contributed by atoms with Gasteiger partial charge in [-0.3, -0.25) is 18.1 Å². The normalized spacial score (nSPS) is 27.3. The molecule has 1 aliphatic rings. The molecule has 3 heterocycles. The summed E-state index contributed by atoms with van der Waals surface area (Å²) in [7, 11) is -2.63. The first-order valence-electron chi connectivity index (χ1n) is 9.08. The van der Waals surface area contributed by atoms with Crippen molar-refractivity contribution in [3.8, 4) is 5.88 Å². The number of phosphoric ester groups is 1. The van der Waals surface area contributed by atoms with E-state index in [0.717, 1.165) is 4.57 Å². The molecule has 1 fully saturated rings. The van der Waals surface area contributed by atoms with E-state index in [1.54, 1.807) is 20.8 Å². The summed E-state index contributed by atoms with van der Waals surface area (Å²) in [6, 6.07) is 0. The molecule has 1 saturated heterocycles. The van der Waals surface area contributed by atoms with Crippen molar-refractivity contribution in [1.82, 2.24) is 19.5 Å². The first kappa shape index (κ1) is 21.8. The lowest BCUT2D eigenvalue weighted by Crippen LogP contribution is -2.51. The zero-order chi connectivity index (χ0) is 21.4. The number of rotatable bonds is 7. The van der Waals surface area contributed by atoms with Crippen LogP contribution < -0.4 is 10.5 Å². The quantitative estimate of drug-likeness (QED) is 0.649. The molecule has 11 nitrogen and oxygen atoms in total. The topological polar surface area (TPSA) is 133 Å². The highest BCUT2D eigenvalue weighted by atomic mass is 31.2. The molecule has 0 aromatic carbocycles. The number of imidazole rings is 1. The van der Waals surface area contributed by atoms with Crippen molar-refractivity contribution in [3.05, 3.63) is 6.33 Å². The Morgan fingerprint density at radius 3 is 2.83 bits per heavy atom. The fourth-order valence-electron chi connectivity index (χ4n) is 3.01. The number of methoxy groups -OCH3 is 1. The molecule has 0 radical (unpaired) electrons. The lowest BCUT2D eigenvalue weighted by atomic mass is 10.0. The van der Waals surface area contributed by atoms with Crippen molar-refractivity contribution in [2.45, 2.75) is 51.8 Å². The summed E-state index contributed by atoms with van der Waals surface area (Å²) in [6.07, 6.45) is -1.45. The van der Waals surface area contributed by atoms with Gasteiger partial charge in [0.1, 0.15) is 6.10 Å². The molecule has 4 atom stereocenters. The van der Waals surface area contributed by atoms with Crippen LogP contribution in [0.1, 0.15) is 27.7 Å². The van der Waals surface area contributed by atoms with E-state index in [1.165, 1.54) is 20.4 Å². The van der Waals surface area contributed by atoms with E-state index in [1.807, 2.05) is 0 Å². The molecule has 0 amide bonds. The maximum absolute atomic E-state index is 16.2. The highest BCUT2D eigenvalue weighted by Gasteiger charge is 2.52. The Morgan fingerprint density at radius 2 is 2.21 bits per heavy atom. The van der Waals surface area contributed by atoms with Gasteiger partial charge in [-0.2, -0.15) is 9.97 Å². The second-order valence-corrected chi connectivity index (χ2v) is 8.40. The van der Waals surface area contributed by atoms with Crippen molar-refractivity contribution in [2.24, 2.45) is 0 Å². The van der Waals surface area contributed by atoms with Crippen molar-refractivity contribution in [3.63, 3.8) is 0 Å². The maximum Gasteiger partial charge on any atom is 0.475 e. The van der Waals surface area contributed by atoms with E-state index in [9.17, 15) is 4.57 Å².